The van der Waals surface area contributed by atoms with Gasteiger partial charge in [-0.25, -0.2) is 4.98 Å². The van der Waals surface area contributed by atoms with Crippen LogP contribution in [0.3, 0.4) is 0 Å². The molecule has 0 unspecified atom stereocenters. The summed E-state index contributed by atoms with van der Waals surface area (Å²) >= 11 is 0. The highest BCUT2D eigenvalue weighted by atomic mass is 16.6. The third kappa shape index (κ3) is 3.27. The van der Waals surface area contributed by atoms with E-state index in [2.05, 4.69) is 20.4 Å². The summed E-state index contributed by atoms with van der Waals surface area (Å²) in [5, 5.41) is 6.69. The topological polar surface area (TPSA) is 99.4 Å². The summed E-state index contributed by atoms with van der Waals surface area (Å²) in [6, 6.07) is 7.32. The van der Waals surface area contributed by atoms with Gasteiger partial charge in [-0.3, -0.25) is 9.78 Å². The van der Waals surface area contributed by atoms with Gasteiger partial charge in [0.05, 0.1) is 12.7 Å². The van der Waals surface area contributed by atoms with Crippen LogP contribution in [0.15, 0.2) is 47.4 Å². The van der Waals surface area contributed by atoms with Crippen molar-refractivity contribution in [2.75, 3.05) is 13.2 Å². The van der Waals surface area contributed by atoms with Gasteiger partial charge in [0.25, 0.3) is 5.91 Å². The molecule has 0 radical (unpaired) electrons. The minimum absolute atomic E-state index is 0.226. The standard InChI is InChI=1S/C17H14N4O4/c22-17(13-10-18-3-4-19-13)20-9-12-8-15(25-21-12)11-1-2-14-16(7-11)24-6-5-23-14/h1-4,7-8,10H,5-6,9H2,(H,20,22). The van der Waals surface area contributed by atoms with E-state index in [0.717, 1.165) is 5.56 Å². The summed E-state index contributed by atoms with van der Waals surface area (Å²) in [6.07, 6.45) is 4.37. The highest BCUT2D eigenvalue weighted by molar-refractivity contribution is 5.91. The summed E-state index contributed by atoms with van der Waals surface area (Å²) in [6.45, 7) is 1.29. The first-order chi connectivity index (χ1) is 12.3. The molecule has 1 aliphatic rings. The SMILES string of the molecule is O=C(NCc1cc(-c2ccc3c(c2)OCCO3)on1)c1cnccn1. The molecular weight excluding hydrogens is 324 g/mol. The van der Waals surface area contributed by atoms with Gasteiger partial charge in [0.1, 0.15) is 24.6 Å². The highest BCUT2D eigenvalue weighted by Gasteiger charge is 2.15. The van der Waals surface area contributed by atoms with Crippen molar-refractivity contribution < 1.29 is 18.8 Å². The van der Waals surface area contributed by atoms with Crippen LogP contribution < -0.4 is 14.8 Å². The number of hydrogen-bond acceptors (Lipinski definition) is 7. The van der Waals surface area contributed by atoms with Gasteiger partial charge in [0.15, 0.2) is 17.3 Å². The zero-order valence-corrected chi connectivity index (χ0v) is 13.1. The minimum Gasteiger partial charge on any atom is -0.486 e. The van der Waals surface area contributed by atoms with Crippen LogP contribution in [0.5, 0.6) is 11.5 Å². The maximum atomic E-state index is 12.0. The molecule has 1 aromatic carbocycles. The van der Waals surface area contributed by atoms with Crippen molar-refractivity contribution in [1.82, 2.24) is 20.4 Å². The molecule has 0 atom stereocenters. The average Bonchev–Trinajstić information content (AvgIpc) is 3.15. The molecule has 126 valence electrons. The van der Waals surface area contributed by atoms with E-state index in [-0.39, 0.29) is 18.1 Å². The lowest BCUT2D eigenvalue weighted by Crippen LogP contribution is -2.23. The molecule has 8 nitrogen and oxygen atoms in total. The summed E-state index contributed by atoms with van der Waals surface area (Å²) < 4.78 is 16.4. The molecule has 1 N–H and O–H groups in total. The maximum absolute atomic E-state index is 12.0. The smallest absolute Gasteiger partial charge is 0.271 e. The summed E-state index contributed by atoms with van der Waals surface area (Å²) in [7, 11) is 0. The number of carbonyl (C=O) groups excluding carboxylic acids is 1. The Hall–Kier alpha value is -3.42. The normalized spacial score (nSPS) is 12.6. The van der Waals surface area contributed by atoms with Gasteiger partial charge in [-0.1, -0.05) is 5.16 Å². The van der Waals surface area contributed by atoms with Gasteiger partial charge < -0.3 is 19.3 Å². The van der Waals surface area contributed by atoms with Crippen molar-refractivity contribution in [3.05, 3.63) is 54.2 Å². The molecule has 2 aromatic heterocycles. The lowest BCUT2D eigenvalue weighted by Gasteiger charge is -2.18. The lowest BCUT2D eigenvalue weighted by atomic mass is 10.1. The Bertz CT molecular complexity index is 895. The Kier molecular flexibility index (Phi) is 3.99. The largest absolute Gasteiger partial charge is 0.486 e. The molecular formula is C17H14N4O4. The van der Waals surface area contributed by atoms with Crippen molar-refractivity contribution in [2.24, 2.45) is 0 Å². The number of aromatic nitrogens is 3. The molecule has 0 fully saturated rings. The number of benzene rings is 1. The van der Waals surface area contributed by atoms with E-state index in [1.165, 1.54) is 18.6 Å². The van der Waals surface area contributed by atoms with Crippen LogP contribution in [0.2, 0.25) is 0 Å². The molecule has 25 heavy (non-hydrogen) atoms. The molecule has 0 aliphatic carbocycles. The number of nitrogens with one attached hydrogen (secondary N) is 1. The Morgan fingerprint density at radius 3 is 2.84 bits per heavy atom. The van der Waals surface area contributed by atoms with Crippen LogP contribution in [-0.2, 0) is 6.54 Å². The van der Waals surface area contributed by atoms with E-state index in [4.69, 9.17) is 14.0 Å². The molecule has 0 spiro atoms. The van der Waals surface area contributed by atoms with Crippen molar-refractivity contribution in [2.45, 2.75) is 6.54 Å². The zero-order chi connectivity index (χ0) is 17.1. The van der Waals surface area contributed by atoms with Gasteiger partial charge in [0, 0.05) is 24.0 Å². The van der Waals surface area contributed by atoms with Crippen molar-refractivity contribution in [3.8, 4) is 22.8 Å². The third-order valence-electron chi connectivity index (χ3n) is 3.61. The Morgan fingerprint density at radius 1 is 1.12 bits per heavy atom. The van der Waals surface area contributed by atoms with Crippen LogP contribution in [0.1, 0.15) is 16.2 Å². The van der Waals surface area contributed by atoms with Crippen LogP contribution >= 0.6 is 0 Å². The second-order valence-electron chi connectivity index (χ2n) is 5.31. The van der Waals surface area contributed by atoms with Crippen molar-refractivity contribution >= 4 is 5.91 Å². The first-order valence-electron chi connectivity index (χ1n) is 7.69. The second-order valence-corrected chi connectivity index (χ2v) is 5.31. The maximum Gasteiger partial charge on any atom is 0.271 e. The number of rotatable bonds is 4. The number of carbonyl (C=O) groups is 1. The fourth-order valence-corrected chi connectivity index (χ4v) is 2.41. The molecule has 1 amide bonds. The Balaban J connectivity index is 1.44. The average molecular weight is 338 g/mol. The van der Waals surface area contributed by atoms with E-state index in [1.54, 1.807) is 6.07 Å². The molecule has 1 aliphatic heterocycles. The lowest BCUT2D eigenvalue weighted by molar-refractivity contribution is 0.0944. The Labute approximate surface area is 142 Å². The zero-order valence-electron chi connectivity index (χ0n) is 13.1. The van der Waals surface area contributed by atoms with Crippen LogP contribution in [0.4, 0.5) is 0 Å². The number of fused-ring (bicyclic) bond motifs is 1. The van der Waals surface area contributed by atoms with Gasteiger partial charge in [-0.15, -0.1) is 0 Å². The number of ether oxygens (including phenoxy) is 2. The predicted octanol–water partition coefficient (Wildman–Crippen LogP) is 1.83. The molecule has 0 bridgehead atoms. The van der Waals surface area contributed by atoms with Crippen LogP contribution in [0.25, 0.3) is 11.3 Å². The summed E-state index contributed by atoms with van der Waals surface area (Å²) in [5.74, 6) is 1.65. The second kappa shape index (κ2) is 6.60. The number of hydrogen-bond donors (Lipinski definition) is 1. The monoisotopic (exact) mass is 338 g/mol. The van der Waals surface area contributed by atoms with E-state index >= 15 is 0 Å². The third-order valence-corrected chi connectivity index (χ3v) is 3.61. The van der Waals surface area contributed by atoms with Crippen LogP contribution in [-0.4, -0.2) is 34.2 Å². The van der Waals surface area contributed by atoms with E-state index in [9.17, 15) is 4.79 Å². The highest BCUT2D eigenvalue weighted by Crippen LogP contribution is 2.34. The van der Waals surface area contributed by atoms with E-state index in [1.807, 2.05) is 18.2 Å². The van der Waals surface area contributed by atoms with Crippen LogP contribution in [0, 0.1) is 0 Å². The fraction of sp³-hybridized carbons (Fsp3) is 0.176. The predicted molar refractivity (Wildman–Crippen MR) is 86.1 cm³/mol. The van der Waals surface area contributed by atoms with Gasteiger partial charge >= 0.3 is 0 Å². The molecule has 0 saturated heterocycles. The van der Waals surface area contributed by atoms with Crippen molar-refractivity contribution in [3.63, 3.8) is 0 Å². The van der Waals surface area contributed by atoms with Gasteiger partial charge in [-0.05, 0) is 18.2 Å². The van der Waals surface area contributed by atoms with E-state index in [0.29, 0.717) is 36.2 Å². The number of amides is 1. The Morgan fingerprint density at radius 2 is 2.00 bits per heavy atom. The molecule has 0 saturated carbocycles. The fourth-order valence-electron chi connectivity index (χ4n) is 2.41. The van der Waals surface area contributed by atoms with E-state index < -0.39 is 0 Å². The van der Waals surface area contributed by atoms with Crippen molar-refractivity contribution in [1.29, 1.82) is 0 Å². The molecule has 3 aromatic rings. The molecule has 3 heterocycles. The molecule has 8 heteroatoms. The van der Waals surface area contributed by atoms with Gasteiger partial charge in [0.2, 0.25) is 0 Å². The summed E-state index contributed by atoms with van der Waals surface area (Å²) in [5.41, 5.74) is 1.67. The first-order valence-corrected chi connectivity index (χ1v) is 7.69. The molecule has 4 rings (SSSR count). The van der Waals surface area contributed by atoms with Gasteiger partial charge in [-0.2, -0.15) is 0 Å². The minimum atomic E-state index is -0.322. The summed E-state index contributed by atoms with van der Waals surface area (Å²) in [4.78, 5) is 19.8. The number of nitrogens with zero attached hydrogens (tertiary/aromatic N) is 3. The quantitative estimate of drug-likeness (QED) is 0.774. The first kappa shape index (κ1) is 15.1.